The first-order chi connectivity index (χ1) is 19.4. The maximum Gasteiger partial charge on any atom is 0.430 e. The molecule has 224 valence electrons. The molecule has 4 rings (SSSR count). The maximum atomic E-state index is 14.0. The molecule has 2 aliphatic heterocycles. The van der Waals surface area contributed by atoms with Gasteiger partial charge >= 0.3 is 6.18 Å². The van der Waals surface area contributed by atoms with Gasteiger partial charge in [-0.25, -0.2) is 0 Å². The van der Waals surface area contributed by atoms with Crippen LogP contribution in [0.25, 0.3) is 0 Å². The van der Waals surface area contributed by atoms with Crippen molar-refractivity contribution in [3.63, 3.8) is 0 Å². The zero-order valence-corrected chi connectivity index (χ0v) is 24.5. The van der Waals surface area contributed by atoms with Crippen molar-refractivity contribution in [1.29, 1.82) is 0 Å². The Morgan fingerprint density at radius 2 is 1.68 bits per heavy atom. The van der Waals surface area contributed by atoms with Gasteiger partial charge in [-0.15, -0.1) is 0 Å². The molecule has 2 heterocycles. The molecule has 2 aromatic carbocycles. The first kappa shape index (κ1) is 31.1. The van der Waals surface area contributed by atoms with Gasteiger partial charge in [-0.3, -0.25) is 14.5 Å². The molecule has 41 heavy (non-hydrogen) atoms. The molecule has 0 unspecified atom stereocenters. The van der Waals surface area contributed by atoms with Gasteiger partial charge in [0.2, 0.25) is 0 Å². The number of rotatable bonds is 7. The van der Waals surface area contributed by atoms with Crippen molar-refractivity contribution >= 4 is 29.1 Å². The van der Waals surface area contributed by atoms with Crippen LogP contribution in [0.2, 0.25) is 5.02 Å². The quantitative estimate of drug-likeness (QED) is 0.506. The Morgan fingerprint density at radius 1 is 1.02 bits per heavy atom. The number of hydrogen-bond acceptors (Lipinski definition) is 5. The number of carbonyl (C=O) groups is 2. The predicted molar refractivity (Wildman–Crippen MR) is 153 cm³/mol. The van der Waals surface area contributed by atoms with Crippen molar-refractivity contribution in [3.05, 3.63) is 64.7 Å². The molecule has 0 spiro atoms. The van der Waals surface area contributed by atoms with E-state index in [4.69, 9.17) is 11.6 Å². The molecule has 2 aromatic rings. The van der Waals surface area contributed by atoms with Crippen LogP contribution in [0.15, 0.2) is 48.5 Å². The largest absolute Gasteiger partial charge is 0.430 e. The molecule has 2 aliphatic rings. The summed E-state index contributed by atoms with van der Waals surface area (Å²) in [6, 6.07) is 12.4. The molecular formula is C30H38ClF3N4O3. The summed E-state index contributed by atoms with van der Waals surface area (Å²) in [5, 5.41) is 11.1. The minimum absolute atomic E-state index is 0.144. The summed E-state index contributed by atoms with van der Waals surface area (Å²) < 4.78 is 41.9. The van der Waals surface area contributed by atoms with Gasteiger partial charge in [-0.1, -0.05) is 48.9 Å². The number of amides is 2. The van der Waals surface area contributed by atoms with Crippen molar-refractivity contribution in [2.75, 3.05) is 58.3 Å². The van der Waals surface area contributed by atoms with E-state index in [2.05, 4.69) is 16.7 Å². The molecule has 2 amide bonds. The smallest absolute Gasteiger partial charge is 0.369 e. The average molecular weight is 595 g/mol. The van der Waals surface area contributed by atoms with Gasteiger partial charge in [-0.2, -0.15) is 13.2 Å². The number of likely N-dealkylation sites (tertiary alicyclic amines) is 1. The second-order valence-corrected chi connectivity index (χ2v) is 11.6. The highest BCUT2D eigenvalue weighted by atomic mass is 35.5. The Balaban J connectivity index is 1.35. The molecule has 2 fully saturated rings. The molecule has 0 aromatic heterocycles. The molecule has 0 aliphatic carbocycles. The number of anilines is 1. The number of aliphatic hydroxyl groups is 1. The van der Waals surface area contributed by atoms with Crippen LogP contribution in [0.5, 0.6) is 0 Å². The fourth-order valence-electron chi connectivity index (χ4n) is 5.87. The molecule has 0 saturated carbocycles. The van der Waals surface area contributed by atoms with E-state index in [9.17, 15) is 27.9 Å². The molecular weight excluding hydrogens is 557 g/mol. The summed E-state index contributed by atoms with van der Waals surface area (Å²) >= 11 is 6.47. The minimum atomic E-state index is -5.14. The van der Waals surface area contributed by atoms with Crippen molar-refractivity contribution in [3.8, 4) is 0 Å². The van der Waals surface area contributed by atoms with E-state index in [1.54, 1.807) is 26.2 Å². The highest BCUT2D eigenvalue weighted by molar-refractivity contribution is 6.34. The second-order valence-electron chi connectivity index (χ2n) is 11.2. The van der Waals surface area contributed by atoms with Gasteiger partial charge < -0.3 is 19.8 Å². The molecule has 0 bridgehead atoms. The van der Waals surface area contributed by atoms with E-state index in [0.717, 1.165) is 55.3 Å². The van der Waals surface area contributed by atoms with Crippen molar-refractivity contribution in [2.45, 2.75) is 44.0 Å². The van der Waals surface area contributed by atoms with Gasteiger partial charge in [-0.05, 0) is 43.4 Å². The number of piperazine rings is 1. The third-order valence-electron chi connectivity index (χ3n) is 8.29. The molecule has 2 saturated heterocycles. The van der Waals surface area contributed by atoms with E-state index in [0.29, 0.717) is 23.4 Å². The van der Waals surface area contributed by atoms with Gasteiger partial charge in [0.15, 0.2) is 0 Å². The number of piperidine rings is 1. The Kier molecular flexibility index (Phi) is 9.56. The minimum Gasteiger partial charge on any atom is -0.369 e. The number of alkyl halides is 3. The summed E-state index contributed by atoms with van der Waals surface area (Å²) in [5.74, 6) is -1.22. The van der Waals surface area contributed by atoms with Gasteiger partial charge in [0, 0.05) is 70.7 Å². The molecule has 2 atom stereocenters. The van der Waals surface area contributed by atoms with Crippen LogP contribution < -0.4 is 4.90 Å². The van der Waals surface area contributed by atoms with Crippen LogP contribution in [0, 0.1) is 5.92 Å². The number of carbonyl (C=O) groups excluding carboxylic acids is 2. The first-order valence-electron chi connectivity index (χ1n) is 14.0. The number of hydrogen-bond donors (Lipinski definition) is 1. The zero-order chi connectivity index (χ0) is 29.9. The Morgan fingerprint density at radius 3 is 2.24 bits per heavy atom. The lowest BCUT2D eigenvalue weighted by Crippen LogP contribution is -2.58. The number of nitrogens with zero attached hydrogens (tertiary/aromatic N) is 4. The third kappa shape index (κ3) is 6.49. The lowest BCUT2D eigenvalue weighted by atomic mass is 9.89. The fourth-order valence-corrected chi connectivity index (χ4v) is 6.13. The standard InChI is InChI=1S/C30H38ClF3N4O3/c1-4-23-20-36(16-17-38(23)24-10-11-25(26(31)18-24)27(39)35(2)3)19-21-12-14-37(15-13-21)28(40)29(41,30(32,33)34)22-8-6-5-7-9-22/h5-11,18,21,23,41H,4,12-17,19-20H2,1-3H3/t23-,29+/m0/s1. The van der Waals surface area contributed by atoms with Crippen LogP contribution in [0.1, 0.15) is 42.1 Å². The Hall–Kier alpha value is -2.82. The van der Waals surface area contributed by atoms with Crippen LogP contribution in [0.3, 0.4) is 0 Å². The summed E-state index contributed by atoms with van der Waals surface area (Å²) in [7, 11) is 3.38. The summed E-state index contributed by atoms with van der Waals surface area (Å²) in [4.78, 5) is 32.7. The molecule has 11 heteroatoms. The number of benzene rings is 2. The average Bonchev–Trinajstić information content (AvgIpc) is 2.96. The Labute approximate surface area is 244 Å². The maximum absolute atomic E-state index is 14.0. The zero-order valence-electron chi connectivity index (χ0n) is 23.7. The fraction of sp³-hybridized carbons (Fsp3) is 0.533. The topological polar surface area (TPSA) is 67.3 Å². The molecule has 0 radical (unpaired) electrons. The van der Waals surface area contributed by atoms with Crippen LogP contribution >= 0.6 is 11.6 Å². The van der Waals surface area contributed by atoms with Crippen molar-refractivity contribution in [2.24, 2.45) is 5.92 Å². The highest BCUT2D eigenvalue weighted by Gasteiger charge is 2.62. The normalized spacial score (nSPS) is 20.5. The number of halogens is 4. The monoisotopic (exact) mass is 594 g/mol. The molecule has 7 nitrogen and oxygen atoms in total. The van der Waals surface area contributed by atoms with E-state index in [1.807, 2.05) is 12.1 Å². The third-order valence-corrected chi connectivity index (χ3v) is 8.60. The highest BCUT2D eigenvalue weighted by Crippen LogP contribution is 2.41. The second kappa shape index (κ2) is 12.6. The predicted octanol–water partition coefficient (Wildman–Crippen LogP) is 4.63. The van der Waals surface area contributed by atoms with Gasteiger partial charge in [0.05, 0.1) is 10.6 Å². The van der Waals surface area contributed by atoms with E-state index >= 15 is 0 Å². The van der Waals surface area contributed by atoms with Gasteiger partial charge in [0.25, 0.3) is 17.4 Å². The van der Waals surface area contributed by atoms with Crippen LogP contribution in [-0.2, 0) is 10.4 Å². The molecule has 1 N–H and O–H groups in total. The van der Waals surface area contributed by atoms with E-state index in [-0.39, 0.29) is 31.0 Å². The summed E-state index contributed by atoms with van der Waals surface area (Å²) in [5.41, 5.74) is -2.59. The van der Waals surface area contributed by atoms with Crippen LogP contribution in [-0.4, -0.2) is 97.2 Å². The van der Waals surface area contributed by atoms with Gasteiger partial charge in [0.1, 0.15) is 0 Å². The Bertz CT molecular complexity index is 1220. The van der Waals surface area contributed by atoms with E-state index in [1.165, 1.54) is 17.0 Å². The lowest BCUT2D eigenvalue weighted by molar-refractivity contribution is -0.262. The summed E-state index contributed by atoms with van der Waals surface area (Å²) in [6.07, 6.45) is -3.08. The first-order valence-corrected chi connectivity index (χ1v) is 14.4. The van der Waals surface area contributed by atoms with E-state index < -0.39 is 23.2 Å². The summed E-state index contributed by atoms with van der Waals surface area (Å²) in [6.45, 7) is 5.69. The van der Waals surface area contributed by atoms with Crippen molar-refractivity contribution < 1.29 is 27.9 Å². The lowest BCUT2D eigenvalue weighted by Gasteiger charge is -2.45. The van der Waals surface area contributed by atoms with Crippen LogP contribution in [0.4, 0.5) is 18.9 Å². The SMILES string of the molecule is CC[C@H]1CN(CC2CCN(C(=O)[C@](O)(c3ccccc3)C(F)(F)F)CC2)CCN1c1ccc(C(=O)N(C)C)c(Cl)c1. The van der Waals surface area contributed by atoms with Crippen molar-refractivity contribution in [1.82, 2.24) is 14.7 Å².